The van der Waals surface area contributed by atoms with Crippen LogP contribution in [-0.4, -0.2) is 49.5 Å². The second-order valence-electron chi connectivity index (χ2n) is 6.56. The molecule has 3 aromatic rings. The molecule has 8 nitrogen and oxygen atoms in total. The Kier molecular flexibility index (Phi) is 4.16. The van der Waals surface area contributed by atoms with Gasteiger partial charge < -0.3 is 16.0 Å². The number of pyridine rings is 1. The molecule has 8 heteroatoms. The van der Waals surface area contributed by atoms with Crippen LogP contribution in [0.25, 0.3) is 16.9 Å². The summed E-state index contributed by atoms with van der Waals surface area (Å²) in [4.78, 5) is 22.5. The molecule has 4 heterocycles. The van der Waals surface area contributed by atoms with E-state index in [0.717, 1.165) is 36.3 Å². The first-order valence-corrected chi connectivity index (χ1v) is 8.68. The van der Waals surface area contributed by atoms with Gasteiger partial charge in [0.15, 0.2) is 5.82 Å². The molecule has 134 valence electrons. The Balaban J connectivity index is 1.58. The zero-order valence-corrected chi connectivity index (χ0v) is 14.6. The lowest BCUT2D eigenvalue weighted by atomic mass is 10.1. The maximum absolute atomic E-state index is 11.6. The molecule has 0 unspecified atom stereocenters. The normalized spacial score (nSPS) is 17.4. The van der Waals surface area contributed by atoms with Crippen LogP contribution in [-0.2, 0) is 4.79 Å². The SMILES string of the molecule is CC(=O)N1CCC[C@@H](Nc2ccnc(-c3cnn4ccc(N)cc34)n2)C1. The first-order chi connectivity index (χ1) is 12.6. The quantitative estimate of drug-likeness (QED) is 0.746. The average Bonchev–Trinajstić information content (AvgIpc) is 3.05. The van der Waals surface area contributed by atoms with Crippen LogP contribution in [0.15, 0.2) is 36.8 Å². The van der Waals surface area contributed by atoms with E-state index in [1.54, 1.807) is 29.9 Å². The van der Waals surface area contributed by atoms with E-state index in [2.05, 4.69) is 20.4 Å². The lowest BCUT2D eigenvalue weighted by molar-refractivity contribution is -0.129. The van der Waals surface area contributed by atoms with Gasteiger partial charge in [-0.25, -0.2) is 14.5 Å². The van der Waals surface area contributed by atoms with Crippen molar-refractivity contribution in [1.82, 2.24) is 24.5 Å². The topological polar surface area (TPSA) is 101 Å². The number of nitrogen functional groups attached to an aromatic ring is 1. The van der Waals surface area contributed by atoms with Crippen molar-refractivity contribution in [3.05, 3.63) is 36.8 Å². The van der Waals surface area contributed by atoms with Crippen molar-refractivity contribution >= 4 is 22.9 Å². The number of carbonyl (C=O) groups is 1. The summed E-state index contributed by atoms with van der Waals surface area (Å²) in [7, 11) is 0. The molecule has 1 aliphatic rings. The molecule has 1 fully saturated rings. The first-order valence-electron chi connectivity index (χ1n) is 8.68. The molecule has 0 saturated carbocycles. The number of fused-ring (bicyclic) bond motifs is 1. The molecule has 1 aliphatic heterocycles. The minimum Gasteiger partial charge on any atom is -0.399 e. The fraction of sp³-hybridized carbons (Fsp3) is 0.333. The highest BCUT2D eigenvalue weighted by Gasteiger charge is 2.22. The van der Waals surface area contributed by atoms with Gasteiger partial charge in [0.05, 0.1) is 17.3 Å². The summed E-state index contributed by atoms with van der Waals surface area (Å²) < 4.78 is 1.75. The van der Waals surface area contributed by atoms with Crippen LogP contribution in [0.1, 0.15) is 19.8 Å². The van der Waals surface area contributed by atoms with Gasteiger partial charge >= 0.3 is 0 Å². The summed E-state index contributed by atoms with van der Waals surface area (Å²) in [6.07, 6.45) is 7.28. The Morgan fingerprint density at radius 1 is 1.38 bits per heavy atom. The molecular weight excluding hydrogens is 330 g/mol. The second-order valence-corrected chi connectivity index (χ2v) is 6.56. The van der Waals surface area contributed by atoms with Crippen LogP contribution in [0.4, 0.5) is 11.5 Å². The van der Waals surface area contributed by atoms with Gasteiger partial charge in [-0.15, -0.1) is 0 Å². The summed E-state index contributed by atoms with van der Waals surface area (Å²) in [6, 6.07) is 5.69. The predicted molar refractivity (Wildman–Crippen MR) is 99.5 cm³/mol. The molecule has 1 saturated heterocycles. The number of nitrogens with zero attached hydrogens (tertiary/aromatic N) is 5. The fourth-order valence-electron chi connectivity index (χ4n) is 3.33. The fourth-order valence-corrected chi connectivity index (χ4v) is 3.33. The summed E-state index contributed by atoms with van der Waals surface area (Å²) in [5.41, 5.74) is 8.25. The van der Waals surface area contributed by atoms with Gasteiger partial charge in [-0.2, -0.15) is 5.10 Å². The standard InChI is InChI=1S/C18H21N7O/c1-12(26)24-7-2-3-14(11-24)22-17-4-6-20-18(23-17)15-10-21-25-8-5-13(19)9-16(15)25/h4-6,8-10,14H,2-3,7,11,19H2,1H3,(H,20,22,23)/t14-/m1/s1. The second kappa shape index (κ2) is 6.62. The summed E-state index contributed by atoms with van der Waals surface area (Å²) in [6.45, 7) is 3.14. The maximum atomic E-state index is 11.6. The third-order valence-electron chi connectivity index (χ3n) is 4.66. The van der Waals surface area contributed by atoms with E-state index in [4.69, 9.17) is 5.73 Å². The number of aromatic nitrogens is 4. The molecule has 0 radical (unpaired) electrons. The van der Waals surface area contributed by atoms with Crippen molar-refractivity contribution in [3.63, 3.8) is 0 Å². The summed E-state index contributed by atoms with van der Waals surface area (Å²) in [5.74, 6) is 1.45. The third kappa shape index (κ3) is 3.17. The van der Waals surface area contributed by atoms with Gasteiger partial charge in [0.1, 0.15) is 5.82 Å². The van der Waals surface area contributed by atoms with Gasteiger partial charge in [-0.05, 0) is 31.0 Å². The molecule has 0 spiro atoms. The van der Waals surface area contributed by atoms with Crippen LogP contribution in [0, 0.1) is 0 Å². The van der Waals surface area contributed by atoms with Crippen LogP contribution >= 0.6 is 0 Å². The molecular formula is C18H21N7O. The van der Waals surface area contributed by atoms with E-state index in [0.29, 0.717) is 18.1 Å². The zero-order chi connectivity index (χ0) is 18.1. The molecule has 1 amide bonds. The number of anilines is 2. The van der Waals surface area contributed by atoms with E-state index in [-0.39, 0.29) is 11.9 Å². The van der Waals surface area contributed by atoms with Crippen molar-refractivity contribution in [2.24, 2.45) is 0 Å². The van der Waals surface area contributed by atoms with Crippen LogP contribution in [0.5, 0.6) is 0 Å². The number of piperidine rings is 1. The van der Waals surface area contributed by atoms with Gasteiger partial charge in [-0.3, -0.25) is 4.79 Å². The van der Waals surface area contributed by atoms with E-state index >= 15 is 0 Å². The van der Waals surface area contributed by atoms with Gasteiger partial charge in [-0.1, -0.05) is 0 Å². The molecule has 0 aliphatic carbocycles. The Labute approximate surface area is 151 Å². The summed E-state index contributed by atoms with van der Waals surface area (Å²) >= 11 is 0. The predicted octanol–water partition coefficient (Wildman–Crippen LogP) is 1.80. The average molecular weight is 351 g/mol. The minimum atomic E-state index is 0.115. The number of amides is 1. The lowest BCUT2D eigenvalue weighted by Gasteiger charge is -2.32. The number of likely N-dealkylation sites (tertiary alicyclic amines) is 1. The van der Waals surface area contributed by atoms with E-state index in [1.165, 1.54) is 0 Å². The number of hydrogen-bond donors (Lipinski definition) is 2. The van der Waals surface area contributed by atoms with Gasteiger partial charge in [0, 0.05) is 44.1 Å². The van der Waals surface area contributed by atoms with Crippen LogP contribution < -0.4 is 11.1 Å². The van der Waals surface area contributed by atoms with E-state index < -0.39 is 0 Å². The molecule has 0 aromatic carbocycles. The highest BCUT2D eigenvalue weighted by atomic mass is 16.2. The Morgan fingerprint density at radius 2 is 2.27 bits per heavy atom. The Bertz CT molecular complexity index is 952. The Hall–Kier alpha value is -3.16. The van der Waals surface area contributed by atoms with Crippen molar-refractivity contribution in [1.29, 1.82) is 0 Å². The van der Waals surface area contributed by atoms with Crippen molar-refractivity contribution in [2.75, 3.05) is 24.1 Å². The smallest absolute Gasteiger partial charge is 0.219 e. The minimum absolute atomic E-state index is 0.115. The van der Waals surface area contributed by atoms with Crippen molar-refractivity contribution < 1.29 is 4.79 Å². The number of rotatable bonds is 3. The summed E-state index contributed by atoms with van der Waals surface area (Å²) in [5, 5.41) is 7.76. The molecule has 3 N–H and O–H groups in total. The Morgan fingerprint density at radius 3 is 3.12 bits per heavy atom. The van der Waals surface area contributed by atoms with Gasteiger partial charge in [0.25, 0.3) is 0 Å². The van der Waals surface area contributed by atoms with Gasteiger partial charge in [0.2, 0.25) is 5.91 Å². The molecule has 3 aromatic heterocycles. The molecule has 0 bridgehead atoms. The zero-order valence-electron chi connectivity index (χ0n) is 14.6. The largest absolute Gasteiger partial charge is 0.399 e. The number of hydrogen-bond acceptors (Lipinski definition) is 6. The van der Waals surface area contributed by atoms with E-state index in [1.807, 2.05) is 23.2 Å². The van der Waals surface area contributed by atoms with Crippen LogP contribution in [0.3, 0.4) is 0 Å². The highest BCUT2D eigenvalue weighted by Crippen LogP contribution is 2.24. The first kappa shape index (κ1) is 16.3. The monoisotopic (exact) mass is 351 g/mol. The number of carbonyl (C=O) groups excluding carboxylic acids is 1. The number of nitrogens with two attached hydrogens (primary N) is 1. The highest BCUT2D eigenvalue weighted by molar-refractivity contribution is 5.78. The van der Waals surface area contributed by atoms with Crippen molar-refractivity contribution in [2.45, 2.75) is 25.8 Å². The lowest BCUT2D eigenvalue weighted by Crippen LogP contribution is -2.44. The van der Waals surface area contributed by atoms with E-state index in [9.17, 15) is 4.79 Å². The maximum Gasteiger partial charge on any atom is 0.219 e. The molecule has 4 rings (SSSR count). The third-order valence-corrected chi connectivity index (χ3v) is 4.66. The van der Waals surface area contributed by atoms with Crippen LogP contribution in [0.2, 0.25) is 0 Å². The number of nitrogens with one attached hydrogen (secondary N) is 1. The molecule has 26 heavy (non-hydrogen) atoms. The molecule has 1 atom stereocenters. The van der Waals surface area contributed by atoms with Crippen molar-refractivity contribution in [3.8, 4) is 11.4 Å².